The highest BCUT2D eigenvalue weighted by atomic mass is 16.5. The number of benzene rings is 2. The fourth-order valence-electron chi connectivity index (χ4n) is 2.87. The molecule has 1 amide bonds. The Morgan fingerprint density at radius 1 is 1.00 bits per heavy atom. The molecule has 1 heterocycles. The first-order chi connectivity index (χ1) is 14.1. The second-order valence-electron chi connectivity index (χ2n) is 6.28. The molecule has 0 saturated heterocycles. The first-order valence-corrected chi connectivity index (χ1v) is 9.29. The Bertz CT molecular complexity index is 946. The van der Waals surface area contributed by atoms with Crippen molar-refractivity contribution in [2.45, 2.75) is 13.5 Å². The van der Waals surface area contributed by atoms with Gasteiger partial charge in [0.15, 0.2) is 11.5 Å². The molecule has 0 fully saturated rings. The molecule has 3 aromatic rings. The number of nitrogens with zero attached hydrogens (tertiary/aromatic N) is 3. The van der Waals surface area contributed by atoms with Gasteiger partial charge in [-0.3, -0.25) is 4.79 Å². The smallest absolute Gasteiger partial charge is 0.275 e. The third kappa shape index (κ3) is 5.01. The van der Waals surface area contributed by atoms with Crippen molar-refractivity contribution in [1.82, 2.24) is 9.97 Å². The van der Waals surface area contributed by atoms with Gasteiger partial charge in [-0.2, -0.15) is 0 Å². The van der Waals surface area contributed by atoms with Gasteiger partial charge in [0, 0.05) is 24.8 Å². The lowest BCUT2D eigenvalue weighted by molar-refractivity contribution is 0.102. The van der Waals surface area contributed by atoms with E-state index in [1.807, 2.05) is 18.2 Å². The third-order valence-electron chi connectivity index (χ3n) is 4.43. The average Bonchev–Trinajstić information content (AvgIpc) is 2.78. The van der Waals surface area contributed by atoms with E-state index in [0.717, 1.165) is 18.9 Å². The molecule has 1 N–H and O–H groups in total. The number of carbonyl (C=O) groups is 1. The van der Waals surface area contributed by atoms with E-state index in [4.69, 9.17) is 9.47 Å². The Morgan fingerprint density at radius 3 is 2.38 bits per heavy atom. The van der Waals surface area contributed by atoms with E-state index in [1.54, 1.807) is 38.6 Å². The summed E-state index contributed by atoms with van der Waals surface area (Å²) in [5.74, 6) is 1.50. The first kappa shape index (κ1) is 20.1. The number of anilines is 2. The Balaban J connectivity index is 1.69. The molecule has 0 spiro atoms. The van der Waals surface area contributed by atoms with Crippen LogP contribution in [-0.4, -0.2) is 36.6 Å². The molecule has 0 atom stereocenters. The summed E-state index contributed by atoms with van der Waals surface area (Å²) < 4.78 is 10.5. The van der Waals surface area contributed by atoms with Gasteiger partial charge in [-0.25, -0.2) is 9.97 Å². The molecule has 3 rings (SSSR count). The van der Waals surface area contributed by atoms with Crippen LogP contribution in [0.2, 0.25) is 0 Å². The van der Waals surface area contributed by atoms with Gasteiger partial charge >= 0.3 is 0 Å². The maximum Gasteiger partial charge on any atom is 0.275 e. The van der Waals surface area contributed by atoms with Crippen molar-refractivity contribution in [1.29, 1.82) is 0 Å². The lowest BCUT2D eigenvalue weighted by Gasteiger charge is -2.21. The summed E-state index contributed by atoms with van der Waals surface area (Å²) in [4.78, 5) is 23.3. The number of rotatable bonds is 8. The van der Waals surface area contributed by atoms with Crippen LogP contribution in [0.5, 0.6) is 11.5 Å². The summed E-state index contributed by atoms with van der Waals surface area (Å²) in [6.45, 7) is 3.56. The summed E-state index contributed by atoms with van der Waals surface area (Å²) in [5, 5.41) is 2.80. The number of hydrogen-bond donors (Lipinski definition) is 1. The van der Waals surface area contributed by atoms with Crippen LogP contribution in [0.4, 0.5) is 11.5 Å². The number of aromatic nitrogens is 2. The number of amides is 1. The van der Waals surface area contributed by atoms with Gasteiger partial charge in [0.05, 0.1) is 26.6 Å². The normalized spacial score (nSPS) is 10.3. The van der Waals surface area contributed by atoms with E-state index >= 15 is 0 Å². The second-order valence-corrected chi connectivity index (χ2v) is 6.28. The van der Waals surface area contributed by atoms with Crippen LogP contribution in [0.1, 0.15) is 23.0 Å². The molecule has 0 aliphatic heterocycles. The molecule has 0 bridgehead atoms. The topological polar surface area (TPSA) is 76.6 Å². The molecule has 7 heteroatoms. The molecule has 7 nitrogen and oxygen atoms in total. The first-order valence-electron chi connectivity index (χ1n) is 9.29. The Morgan fingerprint density at radius 2 is 1.76 bits per heavy atom. The highest BCUT2D eigenvalue weighted by molar-refractivity contribution is 6.02. The van der Waals surface area contributed by atoms with Gasteiger partial charge in [0.25, 0.3) is 5.91 Å². The van der Waals surface area contributed by atoms with E-state index in [-0.39, 0.29) is 11.6 Å². The minimum absolute atomic E-state index is 0.235. The lowest BCUT2D eigenvalue weighted by atomic mass is 10.2. The average molecular weight is 392 g/mol. The van der Waals surface area contributed by atoms with Gasteiger partial charge in [0.2, 0.25) is 0 Å². The Hall–Kier alpha value is -3.61. The van der Waals surface area contributed by atoms with Crippen LogP contribution < -0.4 is 19.7 Å². The fraction of sp³-hybridized carbons (Fsp3) is 0.227. The monoisotopic (exact) mass is 392 g/mol. The molecule has 29 heavy (non-hydrogen) atoms. The van der Waals surface area contributed by atoms with Crippen LogP contribution in [0.15, 0.2) is 60.9 Å². The van der Waals surface area contributed by atoms with E-state index in [1.165, 1.54) is 11.8 Å². The lowest BCUT2D eigenvalue weighted by Crippen LogP contribution is -2.24. The molecule has 2 aromatic carbocycles. The number of ether oxygens (including phenoxy) is 2. The number of methoxy groups -OCH3 is 2. The summed E-state index contributed by atoms with van der Waals surface area (Å²) in [6.07, 6.45) is 3.11. The van der Waals surface area contributed by atoms with Crippen LogP contribution in [0, 0.1) is 0 Å². The fourth-order valence-corrected chi connectivity index (χ4v) is 2.87. The Kier molecular flexibility index (Phi) is 6.63. The SMILES string of the molecule is CCN(Cc1ccccc1)c1cnc(C(=O)Nc2ccc(OC)c(OC)c2)cn1. The molecule has 150 valence electrons. The van der Waals surface area contributed by atoms with Crippen molar-refractivity contribution in [3.63, 3.8) is 0 Å². The Labute approximate surface area is 170 Å². The summed E-state index contributed by atoms with van der Waals surface area (Å²) in [6, 6.07) is 15.3. The van der Waals surface area contributed by atoms with Gasteiger partial charge in [0.1, 0.15) is 11.5 Å². The third-order valence-corrected chi connectivity index (χ3v) is 4.43. The summed E-state index contributed by atoms with van der Waals surface area (Å²) in [5.41, 5.74) is 2.00. The molecular formula is C22H24N4O3. The van der Waals surface area contributed by atoms with Crippen LogP contribution in [-0.2, 0) is 6.54 Å². The van der Waals surface area contributed by atoms with Crippen molar-refractivity contribution in [2.24, 2.45) is 0 Å². The molecular weight excluding hydrogens is 368 g/mol. The predicted molar refractivity (Wildman–Crippen MR) is 113 cm³/mol. The van der Waals surface area contributed by atoms with Crippen molar-refractivity contribution in [3.05, 3.63) is 72.2 Å². The zero-order valence-corrected chi connectivity index (χ0v) is 16.8. The quantitative estimate of drug-likeness (QED) is 0.629. The van der Waals surface area contributed by atoms with Crippen LogP contribution >= 0.6 is 0 Å². The summed E-state index contributed by atoms with van der Waals surface area (Å²) >= 11 is 0. The van der Waals surface area contributed by atoms with E-state index in [0.29, 0.717) is 17.2 Å². The van der Waals surface area contributed by atoms with Crippen molar-refractivity contribution in [2.75, 3.05) is 31.0 Å². The number of carbonyl (C=O) groups excluding carboxylic acids is 1. The minimum atomic E-state index is -0.345. The van der Waals surface area contributed by atoms with E-state index in [2.05, 4.69) is 39.2 Å². The van der Waals surface area contributed by atoms with E-state index < -0.39 is 0 Å². The second kappa shape index (κ2) is 9.54. The van der Waals surface area contributed by atoms with Crippen LogP contribution in [0.3, 0.4) is 0 Å². The molecule has 1 aromatic heterocycles. The van der Waals surface area contributed by atoms with Gasteiger partial charge in [-0.15, -0.1) is 0 Å². The predicted octanol–water partition coefficient (Wildman–Crippen LogP) is 3.77. The zero-order chi connectivity index (χ0) is 20.6. The maximum atomic E-state index is 12.5. The van der Waals surface area contributed by atoms with Crippen LogP contribution in [0.25, 0.3) is 0 Å². The standard InChI is InChI=1S/C22H24N4O3/c1-4-26(15-16-8-6-5-7-9-16)21-14-23-18(13-24-21)22(27)25-17-10-11-19(28-2)20(12-17)29-3/h5-14H,4,15H2,1-3H3,(H,25,27). The van der Waals surface area contributed by atoms with Gasteiger partial charge in [-0.1, -0.05) is 30.3 Å². The number of hydrogen-bond acceptors (Lipinski definition) is 6. The van der Waals surface area contributed by atoms with Crippen molar-refractivity contribution in [3.8, 4) is 11.5 Å². The highest BCUT2D eigenvalue weighted by Crippen LogP contribution is 2.29. The maximum absolute atomic E-state index is 12.5. The largest absolute Gasteiger partial charge is 0.493 e. The molecule has 0 unspecified atom stereocenters. The molecule has 0 aliphatic carbocycles. The van der Waals surface area contributed by atoms with Gasteiger partial charge in [-0.05, 0) is 24.6 Å². The van der Waals surface area contributed by atoms with Crippen molar-refractivity contribution < 1.29 is 14.3 Å². The van der Waals surface area contributed by atoms with E-state index in [9.17, 15) is 4.79 Å². The molecule has 0 radical (unpaired) electrons. The summed E-state index contributed by atoms with van der Waals surface area (Å²) in [7, 11) is 3.10. The zero-order valence-electron chi connectivity index (χ0n) is 16.8. The molecule has 0 aliphatic rings. The minimum Gasteiger partial charge on any atom is -0.493 e. The van der Waals surface area contributed by atoms with Crippen molar-refractivity contribution >= 4 is 17.4 Å². The van der Waals surface area contributed by atoms with Gasteiger partial charge < -0.3 is 19.7 Å². The number of nitrogens with one attached hydrogen (secondary N) is 1. The molecule has 0 saturated carbocycles. The highest BCUT2D eigenvalue weighted by Gasteiger charge is 2.13.